The maximum absolute atomic E-state index is 14.7. The van der Waals surface area contributed by atoms with Gasteiger partial charge in [0.2, 0.25) is 0 Å². The van der Waals surface area contributed by atoms with Crippen LogP contribution in [0.3, 0.4) is 0 Å². The Bertz CT molecular complexity index is 1650. The molecule has 7 nitrogen and oxygen atoms in total. The highest BCUT2D eigenvalue weighted by molar-refractivity contribution is 8.00. The highest BCUT2D eigenvalue weighted by Gasteiger charge is 2.33. The second-order valence-electron chi connectivity index (χ2n) is 10.1. The number of anilines is 2. The minimum absolute atomic E-state index is 0.0660. The molecule has 1 aliphatic heterocycles. The smallest absolute Gasteiger partial charge is 0.443 e. The first-order chi connectivity index (χ1) is 18.9. The number of benzene rings is 1. The summed E-state index contributed by atoms with van der Waals surface area (Å²) in [5, 5.41) is 6.84. The van der Waals surface area contributed by atoms with Gasteiger partial charge in [0.05, 0.1) is 40.3 Å². The topological polar surface area (TPSA) is 74.8 Å². The number of piperidine rings is 1. The molecule has 5 rings (SSSR count). The van der Waals surface area contributed by atoms with Crippen LogP contribution in [0, 0.1) is 11.8 Å². The molecule has 0 amide bonds. The van der Waals surface area contributed by atoms with Crippen molar-refractivity contribution in [2.24, 2.45) is 0 Å². The van der Waals surface area contributed by atoms with E-state index in [-0.39, 0.29) is 28.9 Å². The lowest BCUT2D eigenvalue weighted by Gasteiger charge is -2.33. The van der Waals surface area contributed by atoms with Crippen LogP contribution in [0.4, 0.5) is 28.9 Å². The SMILES string of the molecule is CN1CC[C@@H](Nc2cccn3c(SC(F)(F)F)c(C#CCNc4ccc(P(C)(C)=O)c5ocnc45)cc23)[C@@H](F)C1. The summed E-state index contributed by atoms with van der Waals surface area (Å²) in [7, 11) is -0.740. The van der Waals surface area contributed by atoms with E-state index in [1.54, 1.807) is 49.9 Å². The number of nitrogens with zero attached hydrogens (tertiary/aromatic N) is 3. The van der Waals surface area contributed by atoms with E-state index in [1.165, 1.54) is 10.8 Å². The third-order valence-corrected chi connectivity index (χ3v) is 9.05. The minimum atomic E-state index is -4.53. The van der Waals surface area contributed by atoms with Crippen molar-refractivity contribution < 1.29 is 26.5 Å². The van der Waals surface area contributed by atoms with Gasteiger partial charge in [-0.1, -0.05) is 11.8 Å². The lowest BCUT2D eigenvalue weighted by Crippen LogP contribution is -2.46. The number of hydrogen-bond donors (Lipinski definition) is 2. The number of halogens is 4. The van der Waals surface area contributed by atoms with Crippen LogP contribution >= 0.6 is 18.9 Å². The Hall–Kier alpha value is -3.13. The Balaban J connectivity index is 1.42. The summed E-state index contributed by atoms with van der Waals surface area (Å²) in [6.45, 7) is 4.42. The molecule has 4 heterocycles. The van der Waals surface area contributed by atoms with Crippen molar-refractivity contribution in [2.45, 2.75) is 29.2 Å². The van der Waals surface area contributed by atoms with E-state index < -0.39 is 24.9 Å². The molecule has 0 radical (unpaired) electrons. The molecule has 0 unspecified atom stereocenters. The molecule has 1 saturated heterocycles. The molecule has 13 heteroatoms. The number of nitrogens with one attached hydrogen (secondary N) is 2. The van der Waals surface area contributed by atoms with E-state index in [2.05, 4.69) is 27.5 Å². The predicted octanol–water partition coefficient (Wildman–Crippen LogP) is 5.86. The quantitative estimate of drug-likeness (QED) is 0.126. The monoisotopic (exact) mass is 593 g/mol. The average molecular weight is 594 g/mol. The van der Waals surface area contributed by atoms with Crippen LogP contribution in [0.1, 0.15) is 12.0 Å². The van der Waals surface area contributed by atoms with Gasteiger partial charge in [-0.2, -0.15) is 13.2 Å². The molecule has 0 bridgehead atoms. The first-order valence-corrected chi connectivity index (χ1v) is 16.0. The van der Waals surface area contributed by atoms with E-state index >= 15 is 0 Å². The second kappa shape index (κ2) is 11.0. The molecular weight excluding hydrogens is 565 g/mol. The normalized spacial score (nSPS) is 18.6. The van der Waals surface area contributed by atoms with Gasteiger partial charge in [0.1, 0.15) is 23.9 Å². The van der Waals surface area contributed by atoms with Crippen LogP contribution in [0.2, 0.25) is 0 Å². The van der Waals surface area contributed by atoms with Gasteiger partial charge in [0.25, 0.3) is 0 Å². The Labute approximate surface area is 233 Å². The summed E-state index contributed by atoms with van der Waals surface area (Å²) in [5.74, 6) is 5.77. The van der Waals surface area contributed by atoms with E-state index in [9.17, 15) is 22.1 Å². The largest absolute Gasteiger partial charge is 0.447 e. The van der Waals surface area contributed by atoms with E-state index in [4.69, 9.17) is 4.42 Å². The van der Waals surface area contributed by atoms with Gasteiger partial charge in [0, 0.05) is 31.0 Å². The minimum Gasteiger partial charge on any atom is -0.443 e. The van der Waals surface area contributed by atoms with Crippen LogP contribution in [0.25, 0.3) is 16.6 Å². The molecule has 1 aliphatic rings. The van der Waals surface area contributed by atoms with Crippen molar-refractivity contribution in [3.05, 3.63) is 48.5 Å². The zero-order valence-corrected chi connectivity index (χ0v) is 23.8. The van der Waals surface area contributed by atoms with Crippen molar-refractivity contribution in [3.63, 3.8) is 0 Å². The molecule has 0 spiro atoms. The van der Waals surface area contributed by atoms with E-state index in [0.717, 1.165) is 6.54 Å². The van der Waals surface area contributed by atoms with Crippen LogP contribution in [-0.4, -0.2) is 72.0 Å². The third kappa shape index (κ3) is 6.12. The van der Waals surface area contributed by atoms with Gasteiger partial charge in [0.15, 0.2) is 12.0 Å². The lowest BCUT2D eigenvalue weighted by atomic mass is 10.0. The molecule has 212 valence electrons. The predicted molar refractivity (Wildman–Crippen MR) is 152 cm³/mol. The zero-order chi connectivity index (χ0) is 28.7. The summed E-state index contributed by atoms with van der Waals surface area (Å²) in [6.07, 6.45) is 2.30. The summed E-state index contributed by atoms with van der Waals surface area (Å²) in [5.41, 5.74) is -1.75. The van der Waals surface area contributed by atoms with Crippen LogP contribution in [-0.2, 0) is 4.57 Å². The van der Waals surface area contributed by atoms with Crippen LogP contribution in [0.5, 0.6) is 0 Å². The Morgan fingerprint density at radius 1 is 1.25 bits per heavy atom. The molecule has 2 N–H and O–H groups in total. The summed E-state index contributed by atoms with van der Waals surface area (Å²) in [6, 6.07) is 7.97. The molecule has 2 atom stereocenters. The Morgan fingerprint density at radius 3 is 2.77 bits per heavy atom. The van der Waals surface area contributed by atoms with Crippen molar-refractivity contribution in [1.29, 1.82) is 0 Å². The molecule has 40 heavy (non-hydrogen) atoms. The highest BCUT2D eigenvalue weighted by atomic mass is 32.2. The average Bonchev–Trinajstić information content (AvgIpc) is 3.48. The number of oxazole rings is 1. The maximum atomic E-state index is 14.7. The van der Waals surface area contributed by atoms with Gasteiger partial charge in [-0.15, -0.1) is 0 Å². The Kier molecular flexibility index (Phi) is 7.83. The van der Waals surface area contributed by atoms with Gasteiger partial charge in [-0.3, -0.25) is 0 Å². The van der Waals surface area contributed by atoms with Gasteiger partial charge in [-0.25, -0.2) is 9.37 Å². The molecule has 0 saturated carbocycles. The zero-order valence-electron chi connectivity index (χ0n) is 22.1. The summed E-state index contributed by atoms with van der Waals surface area (Å²) in [4.78, 5) is 6.12. The summed E-state index contributed by atoms with van der Waals surface area (Å²) >= 11 is -0.237. The number of rotatable bonds is 6. The van der Waals surface area contributed by atoms with Crippen molar-refractivity contribution in [1.82, 2.24) is 14.3 Å². The lowest BCUT2D eigenvalue weighted by molar-refractivity contribution is -0.0329. The van der Waals surface area contributed by atoms with Gasteiger partial charge < -0.3 is 28.9 Å². The van der Waals surface area contributed by atoms with Gasteiger partial charge in [-0.05, 0) is 57.1 Å². The fourth-order valence-corrected chi connectivity index (χ4v) is 6.58. The number of likely N-dealkylation sites (tertiary alicyclic amines) is 1. The van der Waals surface area contributed by atoms with Crippen LogP contribution in [0.15, 0.2) is 52.4 Å². The molecule has 0 aliphatic carbocycles. The fourth-order valence-electron chi connectivity index (χ4n) is 4.80. The first-order valence-electron chi connectivity index (χ1n) is 12.5. The second-order valence-corrected chi connectivity index (χ2v) is 14.3. The molecule has 1 aromatic carbocycles. The van der Waals surface area contributed by atoms with Crippen LogP contribution < -0.4 is 15.9 Å². The van der Waals surface area contributed by atoms with Crippen molar-refractivity contribution in [2.75, 3.05) is 50.6 Å². The maximum Gasteiger partial charge on any atom is 0.447 e. The molecule has 1 fully saturated rings. The number of thioether (sulfide) groups is 1. The number of pyridine rings is 1. The van der Waals surface area contributed by atoms with E-state index in [0.29, 0.717) is 46.3 Å². The number of alkyl halides is 4. The molecular formula is C27H28F4N5O2PS. The number of hydrogen-bond acceptors (Lipinski definition) is 7. The highest BCUT2D eigenvalue weighted by Crippen LogP contribution is 2.41. The van der Waals surface area contributed by atoms with Gasteiger partial charge >= 0.3 is 5.51 Å². The molecule has 4 aromatic rings. The fraction of sp³-hybridized carbons (Fsp3) is 0.370. The Morgan fingerprint density at radius 2 is 2.05 bits per heavy atom. The summed E-state index contributed by atoms with van der Waals surface area (Å²) < 4.78 is 74.7. The standard InChI is InChI=1S/C27H28F4N5O2PS/c1-35-13-10-19(18(28)15-35)34-20-7-5-12-36-22(20)14-17(26(36)40-27(29,30)31)6-4-11-32-21-8-9-23(39(2,3)37)25-24(21)33-16-38-25/h5,7-9,12,14,16,18-19,32,34H,10-11,13,15H2,1-3H3/t18-,19+/m0/s1. The third-order valence-electron chi connectivity index (χ3n) is 6.70. The van der Waals surface area contributed by atoms with E-state index in [1.807, 2.05) is 11.9 Å². The molecule has 3 aromatic heterocycles. The number of fused-ring (bicyclic) bond motifs is 2. The number of aromatic nitrogens is 2. The van der Waals surface area contributed by atoms with Crippen molar-refractivity contribution in [3.8, 4) is 11.8 Å². The first kappa shape index (κ1) is 28.4. The van der Waals surface area contributed by atoms with Crippen molar-refractivity contribution >= 4 is 52.2 Å².